The highest BCUT2D eigenvalue weighted by molar-refractivity contribution is 5.74. The van der Waals surface area contributed by atoms with Crippen molar-refractivity contribution in [1.29, 1.82) is 0 Å². The maximum atomic E-state index is 11.1. The summed E-state index contributed by atoms with van der Waals surface area (Å²) in [5.74, 6) is -0.176. The number of hydrogen-bond donors (Lipinski definition) is 1. The van der Waals surface area contributed by atoms with E-state index in [9.17, 15) is 4.79 Å². The van der Waals surface area contributed by atoms with Gasteiger partial charge in [-0.05, 0) is 19.9 Å². The molecule has 1 N–H and O–H groups in total. The minimum absolute atomic E-state index is 0.176. The van der Waals surface area contributed by atoms with Crippen molar-refractivity contribution in [2.75, 3.05) is 13.7 Å². The van der Waals surface area contributed by atoms with Crippen molar-refractivity contribution in [2.45, 2.75) is 71.3 Å². The van der Waals surface area contributed by atoms with Gasteiger partial charge in [0.05, 0.1) is 7.11 Å². The summed E-state index contributed by atoms with van der Waals surface area (Å²) in [4.78, 5) is 11.1. The van der Waals surface area contributed by atoms with Crippen LogP contribution < -0.4 is 5.32 Å². The van der Waals surface area contributed by atoms with E-state index in [1.165, 1.54) is 52.1 Å². The zero-order valence-corrected chi connectivity index (χ0v) is 11.8. The molecule has 0 amide bonds. The Morgan fingerprint density at radius 2 is 1.59 bits per heavy atom. The van der Waals surface area contributed by atoms with Crippen molar-refractivity contribution in [3.63, 3.8) is 0 Å². The van der Waals surface area contributed by atoms with E-state index in [-0.39, 0.29) is 12.0 Å². The van der Waals surface area contributed by atoms with Gasteiger partial charge in [-0.1, -0.05) is 51.9 Å². The van der Waals surface area contributed by atoms with Crippen molar-refractivity contribution in [2.24, 2.45) is 0 Å². The highest BCUT2D eigenvalue weighted by atomic mass is 16.5. The molecule has 0 fully saturated rings. The second-order valence-electron chi connectivity index (χ2n) is 4.67. The number of unbranched alkanes of at least 4 members (excludes halogenated alkanes) is 7. The summed E-state index contributed by atoms with van der Waals surface area (Å²) in [5, 5.41) is 3.17. The molecule has 0 rings (SSSR count). The van der Waals surface area contributed by atoms with E-state index in [1.807, 2.05) is 6.92 Å². The number of hydrogen-bond acceptors (Lipinski definition) is 3. The van der Waals surface area contributed by atoms with Crippen molar-refractivity contribution >= 4 is 5.97 Å². The van der Waals surface area contributed by atoms with Crippen LogP contribution in [0.15, 0.2) is 0 Å². The van der Waals surface area contributed by atoms with Crippen molar-refractivity contribution in [1.82, 2.24) is 5.32 Å². The van der Waals surface area contributed by atoms with Crippen LogP contribution in [-0.2, 0) is 9.53 Å². The first-order valence-corrected chi connectivity index (χ1v) is 7.03. The Labute approximate surface area is 106 Å². The van der Waals surface area contributed by atoms with Crippen LogP contribution in [0, 0.1) is 0 Å². The van der Waals surface area contributed by atoms with Crippen LogP contribution in [0.2, 0.25) is 0 Å². The fourth-order valence-corrected chi connectivity index (χ4v) is 1.84. The normalized spacial score (nSPS) is 12.4. The van der Waals surface area contributed by atoms with Crippen molar-refractivity contribution < 1.29 is 9.53 Å². The summed E-state index contributed by atoms with van der Waals surface area (Å²) in [5.41, 5.74) is 0. The summed E-state index contributed by atoms with van der Waals surface area (Å²) in [7, 11) is 1.43. The molecule has 3 heteroatoms. The van der Waals surface area contributed by atoms with Gasteiger partial charge in [-0.25, -0.2) is 0 Å². The molecule has 1 unspecified atom stereocenters. The quantitative estimate of drug-likeness (QED) is 0.447. The van der Waals surface area contributed by atoms with Crippen LogP contribution in [0.25, 0.3) is 0 Å². The molecule has 17 heavy (non-hydrogen) atoms. The molecular formula is C14H29NO2. The Morgan fingerprint density at radius 3 is 2.12 bits per heavy atom. The largest absolute Gasteiger partial charge is 0.468 e. The lowest BCUT2D eigenvalue weighted by Crippen LogP contribution is -2.35. The molecule has 0 aliphatic rings. The number of carbonyl (C=O) groups excluding carboxylic acids is 1. The predicted octanol–water partition coefficient (Wildman–Crippen LogP) is 3.28. The summed E-state index contributed by atoms with van der Waals surface area (Å²) < 4.78 is 4.64. The third kappa shape index (κ3) is 10.3. The molecule has 0 radical (unpaired) electrons. The Kier molecular flexibility index (Phi) is 11.5. The third-order valence-corrected chi connectivity index (χ3v) is 3.04. The van der Waals surface area contributed by atoms with Crippen LogP contribution in [0.3, 0.4) is 0 Å². The summed E-state index contributed by atoms with van der Waals surface area (Å²) in [6, 6.07) is -0.176. The second kappa shape index (κ2) is 11.9. The zero-order chi connectivity index (χ0) is 12.9. The van der Waals surface area contributed by atoms with Gasteiger partial charge in [-0.2, -0.15) is 0 Å². The van der Waals surface area contributed by atoms with E-state index in [0.717, 1.165) is 13.0 Å². The predicted molar refractivity (Wildman–Crippen MR) is 72.1 cm³/mol. The van der Waals surface area contributed by atoms with E-state index in [0.29, 0.717) is 0 Å². The minimum atomic E-state index is -0.176. The molecule has 102 valence electrons. The average molecular weight is 243 g/mol. The minimum Gasteiger partial charge on any atom is -0.468 e. The molecular weight excluding hydrogens is 214 g/mol. The molecule has 0 aliphatic carbocycles. The maximum Gasteiger partial charge on any atom is 0.322 e. The van der Waals surface area contributed by atoms with Gasteiger partial charge in [-0.3, -0.25) is 4.79 Å². The first-order chi connectivity index (χ1) is 8.22. The van der Waals surface area contributed by atoms with Crippen molar-refractivity contribution in [3.05, 3.63) is 0 Å². The monoisotopic (exact) mass is 243 g/mol. The second-order valence-corrected chi connectivity index (χ2v) is 4.67. The van der Waals surface area contributed by atoms with Crippen LogP contribution >= 0.6 is 0 Å². The molecule has 0 aliphatic heterocycles. The molecule has 0 bridgehead atoms. The van der Waals surface area contributed by atoms with Gasteiger partial charge in [-0.15, -0.1) is 0 Å². The molecule has 0 aromatic heterocycles. The van der Waals surface area contributed by atoms with E-state index in [2.05, 4.69) is 17.0 Å². The van der Waals surface area contributed by atoms with Crippen LogP contribution in [0.1, 0.15) is 65.2 Å². The van der Waals surface area contributed by atoms with E-state index >= 15 is 0 Å². The van der Waals surface area contributed by atoms with E-state index < -0.39 is 0 Å². The van der Waals surface area contributed by atoms with Gasteiger partial charge >= 0.3 is 5.97 Å². The summed E-state index contributed by atoms with van der Waals surface area (Å²) in [6.07, 6.45) is 10.5. The lowest BCUT2D eigenvalue weighted by Gasteiger charge is -2.10. The molecule has 0 spiro atoms. The third-order valence-electron chi connectivity index (χ3n) is 3.04. The number of methoxy groups -OCH3 is 1. The Bertz CT molecular complexity index is 183. The highest BCUT2D eigenvalue weighted by Crippen LogP contribution is 2.07. The van der Waals surface area contributed by atoms with Gasteiger partial charge in [0.1, 0.15) is 6.04 Å². The van der Waals surface area contributed by atoms with Gasteiger partial charge in [0, 0.05) is 0 Å². The molecule has 0 aromatic rings. The Morgan fingerprint density at radius 1 is 1.06 bits per heavy atom. The first-order valence-electron chi connectivity index (χ1n) is 7.03. The molecule has 0 saturated heterocycles. The number of ether oxygens (including phenoxy) is 1. The van der Waals surface area contributed by atoms with Crippen LogP contribution in [-0.4, -0.2) is 25.7 Å². The lowest BCUT2D eigenvalue weighted by atomic mass is 10.1. The molecule has 1 atom stereocenters. The van der Waals surface area contributed by atoms with Gasteiger partial charge in [0.2, 0.25) is 0 Å². The lowest BCUT2D eigenvalue weighted by molar-refractivity contribution is -0.142. The standard InChI is InChI=1S/C14H29NO2/c1-4-5-6-7-8-9-10-11-12-15-13(2)14(16)17-3/h13,15H,4-12H2,1-3H3. The SMILES string of the molecule is CCCCCCCCCCNC(C)C(=O)OC. The summed E-state index contributed by atoms with van der Waals surface area (Å²) in [6.45, 7) is 5.00. The number of rotatable bonds is 11. The van der Waals surface area contributed by atoms with Crippen LogP contribution in [0.5, 0.6) is 0 Å². The highest BCUT2D eigenvalue weighted by Gasteiger charge is 2.10. The van der Waals surface area contributed by atoms with Gasteiger partial charge < -0.3 is 10.1 Å². The van der Waals surface area contributed by atoms with E-state index in [4.69, 9.17) is 0 Å². The first kappa shape index (κ1) is 16.4. The van der Waals surface area contributed by atoms with Gasteiger partial charge in [0.25, 0.3) is 0 Å². The zero-order valence-electron chi connectivity index (χ0n) is 11.8. The number of nitrogens with one attached hydrogen (secondary N) is 1. The molecule has 0 heterocycles. The maximum absolute atomic E-state index is 11.1. The summed E-state index contributed by atoms with van der Waals surface area (Å²) >= 11 is 0. The fraction of sp³-hybridized carbons (Fsp3) is 0.929. The topological polar surface area (TPSA) is 38.3 Å². The molecule has 3 nitrogen and oxygen atoms in total. The average Bonchev–Trinajstić information content (AvgIpc) is 2.35. The number of carbonyl (C=O) groups is 1. The Balaban J connectivity index is 3.15. The van der Waals surface area contributed by atoms with Gasteiger partial charge in [0.15, 0.2) is 0 Å². The van der Waals surface area contributed by atoms with Crippen LogP contribution in [0.4, 0.5) is 0 Å². The smallest absolute Gasteiger partial charge is 0.322 e. The molecule has 0 aromatic carbocycles. The fourth-order valence-electron chi connectivity index (χ4n) is 1.84. The Hall–Kier alpha value is -0.570. The molecule has 0 saturated carbocycles. The van der Waals surface area contributed by atoms with E-state index in [1.54, 1.807) is 0 Å². The van der Waals surface area contributed by atoms with Crippen molar-refractivity contribution in [3.8, 4) is 0 Å². The number of esters is 1.